The van der Waals surface area contributed by atoms with E-state index in [2.05, 4.69) is 4.90 Å². The van der Waals surface area contributed by atoms with Gasteiger partial charge < -0.3 is 14.9 Å². The maximum absolute atomic E-state index is 11.0. The second-order valence-corrected chi connectivity index (χ2v) is 6.79. The zero-order valence-corrected chi connectivity index (χ0v) is 13.6. The summed E-state index contributed by atoms with van der Waals surface area (Å²) in [5.74, 6) is 0.777. The van der Waals surface area contributed by atoms with Gasteiger partial charge in [-0.3, -0.25) is 4.90 Å². The molecule has 2 unspecified atom stereocenters. The van der Waals surface area contributed by atoms with Gasteiger partial charge in [-0.2, -0.15) is 0 Å². The first-order chi connectivity index (χ1) is 11.7. The molecule has 2 N–H and O–H groups in total. The number of aliphatic hydroxyl groups excluding tert-OH is 1. The smallest absolute Gasteiger partial charge is 0.125 e. The summed E-state index contributed by atoms with van der Waals surface area (Å²) >= 11 is 0. The number of rotatable bonds is 2. The first-order valence-electron chi connectivity index (χ1n) is 8.59. The molecule has 2 atom stereocenters. The lowest BCUT2D eigenvalue weighted by Gasteiger charge is -2.44. The van der Waals surface area contributed by atoms with E-state index in [0.29, 0.717) is 19.4 Å². The SMILES string of the molecule is OC1c2ccccc2OCC1N1CCC(O)(c2ccccc2)CC1. The van der Waals surface area contributed by atoms with Gasteiger partial charge >= 0.3 is 0 Å². The summed E-state index contributed by atoms with van der Waals surface area (Å²) in [5, 5.41) is 21.7. The highest BCUT2D eigenvalue weighted by molar-refractivity contribution is 5.37. The van der Waals surface area contributed by atoms with E-state index in [0.717, 1.165) is 30.0 Å². The number of piperidine rings is 1. The Labute approximate surface area is 142 Å². The predicted molar refractivity (Wildman–Crippen MR) is 91.8 cm³/mol. The summed E-state index contributed by atoms with van der Waals surface area (Å²) in [6.45, 7) is 1.99. The van der Waals surface area contributed by atoms with Crippen molar-refractivity contribution in [3.63, 3.8) is 0 Å². The predicted octanol–water partition coefficient (Wildman–Crippen LogP) is 2.46. The van der Waals surface area contributed by atoms with E-state index in [9.17, 15) is 10.2 Å². The summed E-state index contributed by atoms with van der Waals surface area (Å²) < 4.78 is 5.83. The first kappa shape index (κ1) is 15.6. The van der Waals surface area contributed by atoms with Crippen LogP contribution in [-0.2, 0) is 5.60 Å². The lowest BCUT2D eigenvalue weighted by molar-refractivity contribution is -0.0664. The zero-order valence-electron chi connectivity index (χ0n) is 13.6. The molecule has 126 valence electrons. The standard InChI is InChI=1S/C20H23NO3/c22-19-16-8-4-5-9-18(16)24-14-17(19)21-12-10-20(23,11-13-21)15-6-2-1-3-7-15/h1-9,17,19,22-23H,10-14H2. The molecule has 2 heterocycles. The minimum atomic E-state index is -0.768. The van der Waals surface area contributed by atoms with E-state index in [1.54, 1.807) is 0 Å². The van der Waals surface area contributed by atoms with Gasteiger partial charge in [-0.05, 0) is 24.5 Å². The quantitative estimate of drug-likeness (QED) is 0.891. The van der Waals surface area contributed by atoms with Crippen LogP contribution in [0.25, 0.3) is 0 Å². The van der Waals surface area contributed by atoms with Crippen molar-refractivity contribution < 1.29 is 14.9 Å². The van der Waals surface area contributed by atoms with Gasteiger partial charge in [-0.25, -0.2) is 0 Å². The average Bonchev–Trinajstić information content (AvgIpc) is 2.64. The molecule has 2 aromatic carbocycles. The van der Waals surface area contributed by atoms with Crippen molar-refractivity contribution in [1.82, 2.24) is 4.90 Å². The van der Waals surface area contributed by atoms with Crippen LogP contribution in [0.4, 0.5) is 0 Å². The van der Waals surface area contributed by atoms with Crippen molar-refractivity contribution in [1.29, 1.82) is 0 Å². The highest BCUT2D eigenvalue weighted by Crippen LogP contribution is 2.38. The van der Waals surface area contributed by atoms with Crippen molar-refractivity contribution in [3.8, 4) is 5.75 Å². The molecule has 2 aliphatic rings. The molecule has 1 saturated heterocycles. The number of likely N-dealkylation sites (tertiary alicyclic amines) is 1. The largest absolute Gasteiger partial charge is 0.491 e. The van der Waals surface area contributed by atoms with Gasteiger partial charge in [0.05, 0.1) is 11.6 Å². The minimum absolute atomic E-state index is 0.0553. The molecular weight excluding hydrogens is 302 g/mol. The minimum Gasteiger partial charge on any atom is -0.491 e. The molecule has 24 heavy (non-hydrogen) atoms. The normalized spacial score (nSPS) is 26.4. The Morgan fingerprint density at radius 3 is 2.38 bits per heavy atom. The Kier molecular flexibility index (Phi) is 4.04. The van der Waals surface area contributed by atoms with E-state index in [4.69, 9.17) is 4.74 Å². The monoisotopic (exact) mass is 325 g/mol. The number of para-hydroxylation sites is 1. The van der Waals surface area contributed by atoms with Gasteiger partial charge in [0, 0.05) is 18.7 Å². The van der Waals surface area contributed by atoms with Crippen molar-refractivity contribution >= 4 is 0 Å². The Morgan fingerprint density at radius 1 is 0.958 bits per heavy atom. The lowest BCUT2D eigenvalue weighted by Crippen LogP contribution is -2.52. The maximum Gasteiger partial charge on any atom is 0.125 e. The van der Waals surface area contributed by atoms with Gasteiger partial charge in [-0.15, -0.1) is 0 Å². The second-order valence-electron chi connectivity index (χ2n) is 6.79. The molecule has 2 aliphatic heterocycles. The zero-order chi connectivity index (χ0) is 16.6. The number of hydrogen-bond acceptors (Lipinski definition) is 4. The maximum atomic E-state index is 11.0. The van der Waals surface area contributed by atoms with Gasteiger partial charge in [-0.1, -0.05) is 48.5 Å². The van der Waals surface area contributed by atoms with Crippen LogP contribution >= 0.6 is 0 Å². The highest BCUT2D eigenvalue weighted by Gasteiger charge is 2.40. The number of hydrogen-bond donors (Lipinski definition) is 2. The molecule has 0 aromatic heterocycles. The van der Waals surface area contributed by atoms with Gasteiger partial charge in [0.2, 0.25) is 0 Å². The molecule has 0 bridgehead atoms. The van der Waals surface area contributed by atoms with E-state index >= 15 is 0 Å². The van der Waals surface area contributed by atoms with Crippen molar-refractivity contribution in [2.75, 3.05) is 19.7 Å². The molecule has 0 aliphatic carbocycles. The molecule has 0 amide bonds. The average molecular weight is 325 g/mol. The summed E-state index contributed by atoms with van der Waals surface area (Å²) in [6, 6.07) is 17.5. The number of ether oxygens (including phenoxy) is 1. The third-order valence-corrected chi connectivity index (χ3v) is 5.42. The number of fused-ring (bicyclic) bond motifs is 1. The van der Waals surface area contributed by atoms with Crippen molar-refractivity contribution in [2.24, 2.45) is 0 Å². The van der Waals surface area contributed by atoms with Crippen LogP contribution < -0.4 is 4.74 Å². The molecular formula is C20H23NO3. The van der Waals surface area contributed by atoms with E-state index in [-0.39, 0.29) is 6.04 Å². The lowest BCUT2D eigenvalue weighted by atomic mass is 9.83. The molecule has 0 spiro atoms. The fourth-order valence-electron chi connectivity index (χ4n) is 3.90. The molecule has 4 heteroatoms. The van der Waals surface area contributed by atoms with Crippen LogP contribution in [0, 0.1) is 0 Å². The number of benzene rings is 2. The third-order valence-electron chi connectivity index (χ3n) is 5.42. The van der Waals surface area contributed by atoms with Gasteiger partial charge in [0.15, 0.2) is 0 Å². The number of aliphatic hydroxyl groups is 2. The summed E-state index contributed by atoms with van der Waals surface area (Å²) in [4.78, 5) is 2.25. The van der Waals surface area contributed by atoms with Crippen LogP contribution in [0.1, 0.15) is 30.1 Å². The Morgan fingerprint density at radius 2 is 1.62 bits per heavy atom. The van der Waals surface area contributed by atoms with Crippen LogP contribution in [-0.4, -0.2) is 40.9 Å². The summed E-state index contributed by atoms with van der Waals surface area (Å²) in [5.41, 5.74) is 1.07. The molecule has 4 nitrogen and oxygen atoms in total. The highest BCUT2D eigenvalue weighted by atomic mass is 16.5. The van der Waals surface area contributed by atoms with Crippen molar-refractivity contribution in [2.45, 2.75) is 30.6 Å². The van der Waals surface area contributed by atoms with Crippen LogP contribution in [0.5, 0.6) is 5.75 Å². The third kappa shape index (κ3) is 2.71. The van der Waals surface area contributed by atoms with Crippen LogP contribution in [0.3, 0.4) is 0 Å². The molecule has 0 saturated carbocycles. The van der Waals surface area contributed by atoms with E-state index in [1.807, 2.05) is 54.6 Å². The second kappa shape index (κ2) is 6.20. The van der Waals surface area contributed by atoms with Crippen LogP contribution in [0.2, 0.25) is 0 Å². The van der Waals surface area contributed by atoms with Gasteiger partial charge in [0.25, 0.3) is 0 Å². The fraction of sp³-hybridized carbons (Fsp3) is 0.400. The van der Waals surface area contributed by atoms with E-state index in [1.165, 1.54) is 0 Å². The Bertz CT molecular complexity index is 695. The van der Waals surface area contributed by atoms with Crippen LogP contribution in [0.15, 0.2) is 54.6 Å². The van der Waals surface area contributed by atoms with E-state index < -0.39 is 11.7 Å². The molecule has 0 radical (unpaired) electrons. The molecule has 1 fully saturated rings. The fourth-order valence-corrected chi connectivity index (χ4v) is 3.90. The first-order valence-corrected chi connectivity index (χ1v) is 8.59. The number of nitrogens with zero attached hydrogens (tertiary/aromatic N) is 1. The Hall–Kier alpha value is -1.88. The topological polar surface area (TPSA) is 52.9 Å². The summed E-state index contributed by atoms with van der Waals surface area (Å²) in [7, 11) is 0. The molecule has 2 aromatic rings. The van der Waals surface area contributed by atoms with Crippen molar-refractivity contribution in [3.05, 3.63) is 65.7 Å². The molecule has 4 rings (SSSR count). The Balaban J connectivity index is 1.47. The summed E-state index contributed by atoms with van der Waals surface area (Å²) in [6.07, 6.45) is 0.793. The van der Waals surface area contributed by atoms with Gasteiger partial charge in [0.1, 0.15) is 18.5 Å².